The summed E-state index contributed by atoms with van der Waals surface area (Å²) in [5.74, 6) is -1.33. The van der Waals surface area contributed by atoms with Crippen molar-refractivity contribution in [2.24, 2.45) is 0 Å². The third-order valence-electron chi connectivity index (χ3n) is 3.48. The van der Waals surface area contributed by atoms with Crippen LogP contribution in [0.1, 0.15) is 24.2 Å². The molecular weight excluding hydrogens is 318 g/mol. The first-order valence-corrected chi connectivity index (χ1v) is 7.01. The van der Waals surface area contributed by atoms with E-state index in [-0.39, 0.29) is 18.3 Å². The second-order valence-electron chi connectivity index (χ2n) is 5.13. The van der Waals surface area contributed by atoms with E-state index in [1.165, 1.54) is 6.92 Å². The Morgan fingerprint density at radius 3 is 2.38 bits per heavy atom. The molecule has 0 spiro atoms. The summed E-state index contributed by atoms with van der Waals surface area (Å²) in [4.78, 5) is 32.1. The first-order chi connectivity index (χ1) is 11.3. The molecule has 0 radical (unpaired) electrons. The van der Waals surface area contributed by atoms with E-state index in [0.717, 1.165) is 10.2 Å². The normalized spacial score (nSPS) is 11.8. The monoisotopic (exact) mass is 333 g/mol. The molecule has 0 bridgehead atoms. The average Bonchev–Trinajstić information content (AvgIpc) is 2.85. The summed E-state index contributed by atoms with van der Waals surface area (Å²) in [5.41, 5.74) is 0.137. The molecule has 1 atom stereocenters. The fourth-order valence-corrected chi connectivity index (χ4v) is 2.26. The number of nitrogens with zero attached hydrogens (tertiary/aromatic N) is 4. The molecule has 1 unspecified atom stereocenters. The number of nitro groups is 2. The lowest BCUT2D eigenvalue weighted by Crippen LogP contribution is -2.30. The summed E-state index contributed by atoms with van der Waals surface area (Å²) in [6.45, 7) is 2.75. The van der Waals surface area contributed by atoms with Crippen LogP contribution < -0.4 is 5.32 Å². The number of aromatic nitrogens is 2. The highest BCUT2D eigenvalue weighted by Gasteiger charge is 2.35. The molecule has 126 valence electrons. The highest BCUT2D eigenvalue weighted by molar-refractivity contribution is 5.76. The summed E-state index contributed by atoms with van der Waals surface area (Å²) in [6, 6.07) is 8.94. The molecule has 0 aliphatic carbocycles. The molecule has 0 saturated carbocycles. The van der Waals surface area contributed by atoms with Crippen molar-refractivity contribution in [3.8, 4) is 0 Å². The molecule has 1 heterocycles. The number of hydrogen-bond acceptors (Lipinski definition) is 6. The first kappa shape index (κ1) is 17.1. The van der Waals surface area contributed by atoms with Crippen LogP contribution in [0.15, 0.2) is 30.3 Å². The zero-order chi connectivity index (χ0) is 17.9. The van der Waals surface area contributed by atoms with Crippen LogP contribution >= 0.6 is 0 Å². The van der Waals surface area contributed by atoms with Crippen molar-refractivity contribution in [3.63, 3.8) is 0 Å². The Balaban J connectivity index is 2.16. The van der Waals surface area contributed by atoms with Gasteiger partial charge >= 0.3 is 11.5 Å². The zero-order valence-electron chi connectivity index (χ0n) is 13.0. The Hall–Kier alpha value is -3.30. The first-order valence-electron chi connectivity index (χ1n) is 7.01. The van der Waals surface area contributed by atoms with E-state index in [9.17, 15) is 25.0 Å². The lowest BCUT2D eigenvalue weighted by Gasteiger charge is -2.13. The van der Waals surface area contributed by atoms with Crippen LogP contribution in [0.4, 0.5) is 11.5 Å². The highest BCUT2D eigenvalue weighted by Crippen LogP contribution is 2.29. The molecule has 10 heteroatoms. The second-order valence-corrected chi connectivity index (χ2v) is 5.13. The number of carbonyl (C=O) groups is 1. The van der Waals surface area contributed by atoms with Crippen LogP contribution in [0.25, 0.3) is 0 Å². The van der Waals surface area contributed by atoms with Crippen LogP contribution in [-0.2, 0) is 11.3 Å². The molecule has 0 aliphatic heterocycles. The maximum absolute atomic E-state index is 12.1. The molecule has 1 amide bonds. The van der Waals surface area contributed by atoms with E-state index in [2.05, 4.69) is 10.4 Å². The molecule has 0 fully saturated rings. The minimum atomic E-state index is -0.938. The molecule has 24 heavy (non-hydrogen) atoms. The summed E-state index contributed by atoms with van der Waals surface area (Å²) >= 11 is 0. The Kier molecular flexibility index (Phi) is 4.87. The molecular formula is C14H15N5O5. The summed E-state index contributed by atoms with van der Waals surface area (Å²) in [7, 11) is 0. The maximum atomic E-state index is 12.1. The van der Waals surface area contributed by atoms with Gasteiger partial charge in [0.05, 0.1) is 16.1 Å². The van der Waals surface area contributed by atoms with Crippen LogP contribution in [0.3, 0.4) is 0 Å². The molecule has 1 aromatic heterocycles. The maximum Gasteiger partial charge on any atom is 0.468 e. The molecule has 10 nitrogen and oxygen atoms in total. The molecule has 1 aromatic carbocycles. The fourth-order valence-electron chi connectivity index (χ4n) is 2.26. The van der Waals surface area contributed by atoms with Gasteiger partial charge in [-0.05, 0) is 24.3 Å². The predicted octanol–water partition coefficient (Wildman–Crippen LogP) is 1.89. The van der Waals surface area contributed by atoms with Crippen LogP contribution in [-0.4, -0.2) is 25.5 Å². The van der Waals surface area contributed by atoms with Gasteiger partial charge in [-0.25, -0.2) is 0 Å². The third kappa shape index (κ3) is 3.54. The van der Waals surface area contributed by atoms with E-state index in [4.69, 9.17) is 0 Å². The van der Waals surface area contributed by atoms with Crippen LogP contribution in [0.5, 0.6) is 0 Å². The van der Waals surface area contributed by atoms with Gasteiger partial charge in [0, 0.05) is 0 Å². The number of rotatable bonds is 6. The number of benzene rings is 1. The van der Waals surface area contributed by atoms with Crippen molar-refractivity contribution in [2.45, 2.75) is 26.4 Å². The SMILES string of the molecule is Cc1c([N+](=O)[O-])c([N+](=O)[O-])nn1CC(=O)NC(C)c1ccccc1. The van der Waals surface area contributed by atoms with Gasteiger partial charge in [0.2, 0.25) is 5.91 Å². The number of hydrogen-bond donors (Lipinski definition) is 1. The van der Waals surface area contributed by atoms with Crippen molar-refractivity contribution in [1.29, 1.82) is 0 Å². The van der Waals surface area contributed by atoms with Gasteiger partial charge in [-0.3, -0.25) is 14.9 Å². The highest BCUT2D eigenvalue weighted by atomic mass is 16.6. The minimum absolute atomic E-state index is 0.0470. The lowest BCUT2D eigenvalue weighted by atomic mass is 10.1. The number of amides is 1. The quantitative estimate of drug-likeness (QED) is 0.634. The van der Waals surface area contributed by atoms with Crippen molar-refractivity contribution in [1.82, 2.24) is 15.1 Å². The standard InChI is InChI=1S/C14H15N5O5/c1-9(11-6-4-3-5-7-11)15-12(20)8-17-10(2)13(18(21)22)14(16-17)19(23)24/h3-7,9H,8H2,1-2H3,(H,15,20). The number of nitrogens with one attached hydrogen (secondary N) is 1. The van der Waals surface area contributed by atoms with Crippen LogP contribution in [0, 0.1) is 27.2 Å². The van der Waals surface area contributed by atoms with E-state index in [1.807, 2.05) is 30.3 Å². The summed E-state index contributed by atoms with van der Waals surface area (Å²) in [6.07, 6.45) is 0. The summed E-state index contributed by atoms with van der Waals surface area (Å²) in [5, 5.41) is 28.1. The van der Waals surface area contributed by atoms with Crippen molar-refractivity contribution in [2.75, 3.05) is 0 Å². The predicted molar refractivity (Wildman–Crippen MR) is 83.3 cm³/mol. The van der Waals surface area contributed by atoms with Gasteiger partial charge in [0.1, 0.15) is 12.2 Å². The molecule has 2 rings (SSSR count). The van der Waals surface area contributed by atoms with Gasteiger partial charge in [0.15, 0.2) is 0 Å². The average molecular weight is 333 g/mol. The van der Waals surface area contributed by atoms with E-state index in [0.29, 0.717) is 0 Å². The van der Waals surface area contributed by atoms with Crippen molar-refractivity contribution >= 4 is 17.4 Å². The largest absolute Gasteiger partial charge is 0.468 e. The Labute approximate surface area is 136 Å². The minimum Gasteiger partial charge on any atom is -0.358 e. The van der Waals surface area contributed by atoms with Gasteiger partial charge < -0.3 is 15.4 Å². The van der Waals surface area contributed by atoms with Gasteiger partial charge in [0.25, 0.3) is 0 Å². The fraction of sp³-hybridized carbons (Fsp3) is 0.286. The topological polar surface area (TPSA) is 133 Å². The smallest absolute Gasteiger partial charge is 0.358 e. The lowest BCUT2D eigenvalue weighted by molar-refractivity contribution is -0.424. The molecule has 0 saturated heterocycles. The molecule has 0 aliphatic rings. The number of carbonyl (C=O) groups excluding carboxylic acids is 1. The Bertz CT molecular complexity index is 786. The van der Waals surface area contributed by atoms with Gasteiger partial charge in [-0.1, -0.05) is 30.3 Å². The van der Waals surface area contributed by atoms with Crippen molar-refractivity contribution in [3.05, 3.63) is 61.8 Å². The van der Waals surface area contributed by atoms with Gasteiger partial charge in [-0.2, -0.15) is 4.68 Å². The molecule has 2 aromatic rings. The Morgan fingerprint density at radius 1 is 1.25 bits per heavy atom. The van der Waals surface area contributed by atoms with Gasteiger partial charge in [-0.15, -0.1) is 0 Å². The molecule has 1 N–H and O–H groups in total. The van der Waals surface area contributed by atoms with Crippen molar-refractivity contribution < 1.29 is 14.6 Å². The third-order valence-corrected chi connectivity index (χ3v) is 3.48. The van der Waals surface area contributed by atoms with E-state index in [1.54, 1.807) is 6.92 Å². The van der Waals surface area contributed by atoms with E-state index >= 15 is 0 Å². The van der Waals surface area contributed by atoms with Crippen LogP contribution in [0.2, 0.25) is 0 Å². The zero-order valence-corrected chi connectivity index (χ0v) is 13.0. The van der Waals surface area contributed by atoms with E-state index < -0.39 is 27.3 Å². The second kappa shape index (κ2) is 6.86. The summed E-state index contributed by atoms with van der Waals surface area (Å²) < 4.78 is 0.962. The Morgan fingerprint density at radius 2 is 1.88 bits per heavy atom.